The van der Waals surface area contributed by atoms with Crippen LogP contribution in [0.3, 0.4) is 0 Å². The first-order valence-corrected chi connectivity index (χ1v) is 7.17. The second kappa shape index (κ2) is 6.31. The van der Waals surface area contributed by atoms with Gasteiger partial charge >= 0.3 is 0 Å². The number of ether oxygens (including phenoxy) is 3. The molecule has 6 atom stereocenters. The molecule has 2 saturated heterocycles. The van der Waals surface area contributed by atoms with Gasteiger partial charge in [0.2, 0.25) is 5.91 Å². The fourth-order valence-electron chi connectivity index (χ4n) is 2.78. The Morgan fingerprint density at radius 2 is 1.95 bits per heavy atom. The van der Waals surface area contributed by atoms with E-state index in [2.05, 4.69) is 5.32 Å². The molecule has 0 saturated carbocycles. The lowest BCUT2D eigenvalue weighted by Crippen LogP contribution is -2.66. The molecule has 0 radical (unpaired) electrons. The third kappa shape index (κ3) is 2.99. The van der Waals surface area contributed by atoms with Crippen LogP contribution in [0.5, 0.6) is 0 Å². The second-order valence-electron chi connectivity index (χ2n) is 5.46. The molecule has 1 aromatic carbocycles. The van der Waals surface area contributed by atoms with E-state index < -0.39 is 36.9 Å². The molecule has 0 bridgehead atoms. The van der Waals surface area contributed by atoms with E-state index in [1.165, 1.54) is 6.92 Å². The summed E-state index contributed by atoms with van der Waals surface area (Å²) < 4.78 is 16.8. The highest BCUT2D eigenvalue weighted by molar-refractivity contribution is 5.73. The minimum absolute atomic E-state index is 0.186. The highest BCUT2D eigenvalue weighted by Crippen LogP contribution is 2.33. The number of aliphatic hydroxyl groups is 2. The van der Waals surface area contributed by atoms with E-state index in [0.717, 1.165) is 5.56 Å². The average molecular weight is 309 g/mol. The zero-order chi connectivity index (χ0) is 15.7. The lowest BCUT2D eigenvalue weighted by molar-refractivity contribution is -0.337. The van der Waals surface area contributed by atoms with Gasteiger partial charge in [-0.1, -0.05) is 30.3 Å². The fourth-order valence-corrected chi connectivity index (χ4v) is 2.78. The number of hydrogen-bond donors (Lipinski definition) is 3. The van der Waals surface area contributed by atoms with Crippen LogP contribution >= 0.6 is 0 Å². The number of carbonyl (C=O) groups excluding carboxylic acids is 1. The Hall–Kier alpha value is -1.51. The van der Waals surface area contributed by atoms with Crippen molar-refractivity contribution in [2.75, 3.05) is 6.61 Å². The van der Waals surface area contributed by atoms with Crippen LogP contribution in [0.4, 0.5) is 0 Å². The highest BCUT2D eigenvalue weighted by Gasteiger charge is 2.49. The van der Waals surface area contributed by atoms with Crippen molar-refractivity contribution in [1.82, 2.24) is 5.32 Å². The Bertz CT molecular complexity index is 524. The summed E-state index contributed by atoms with van der Waals surface area (Å²) in [7, 11) is 0. The second-order valence-corrected chi connectivity index (χ2v) is 5.46. The van der Waals surface area contributed by atoms with E-state index in [1.807, 2.05) is 30.3 Å². The van der Waals surface area contributed by atoms with Crippen LogP contribution in [0.2, 0.25) is 0 Å². The number of benzene rings is 1. The molecule has 0 spiro atoms. The van der Waals surface area contributed by atoms with Gasteiger partial charge in [0, 0.05) is 12.5 Å². The first-order valence-electron chi connectivity index (χ1n) is 7.17. The van der Waals surface area contributed by atoms with Gasteiger partial charge in [-0.05, 0) is 0 Å². The predicted octanol–water partition coefficient (Wildman–Crippen LogP) is -0.317. The Morgan fingerprint density at radius 1 is 1.23 bits per heavy atom. The van der Waals surface area contributed by atoms with E-state index in [-0.39, 0.29) is 12.5 Å². The lowest BCUT2D eigenvalue weighted by Gasteiger charge is -2.46. The largest absolute Gasteiger partial charge is 0.388 e. The van der Waals surface area contributed by atoms with E-state index in [1.54, 1.807) is 0 Å². The Labute approximate surface area is 127 Å². The molecular weight excluding hydrogens is 290 g/mol. The minimum atomic E-state index is -1.30. The van der Waals surface area contributed by atoms with E-state index in [4.69, 9.17) is 14.2 Å². The standard InChI is InChI=1S/C15H19NO6/c1-8(17)16-11-12(18)13-10(21-14(11)19)7-20-15(22-13)9-5-3-2-4-6-9/h2-6,10-15,18-19H,7H2,1H3,(H,16,17)/t10-,11-,12-,13-,14-,15-/m1/s1. The van der Waals surface area contributed by atoms with E-state index in [0.29, 0.717) is 0 Å². The summed E-state index contributed by atoms with van der Waals surface area (Å²) in [6.07, 6.45) is -4.29. The first-order chi connectivity index (χ1) is 10.6. The number of nitrogens with one attached hydrogen (secondary N) is 1. The van der Waals surface area contributed by atoms with Crippen LogP contribution in [0.1, 0.15) is 18.8 Å². The number of aliphatic hydroxyl groups excluding tert-OH is 2. The van der Waals surface area contributed by atoms with Crippen LogP contribution in [0.25, 0.3) is 0 Å². The summed E-state index contributed by atoms with van der Waals surface area (Å²) in [5.41, 5.74) is 0.829. The van der Waals surface area contributed by atoms with Crippen molar-refractivity contribution in [3.05, 3.63) is 35.9 Å². The molecule has 7 nitrogen and oxygen atoms in total. The molecule has 1 amide bonds. The molecule has 2 aliphatic rings. The summed E-state index contributed by atoms with van der Waals surface area (Å²) in [5, 5.41) is 22.8. The molecule has 3 rings (SSSR count). The summed E-state index contributed by atoms with van der Waals surface area (Å²) in [6, 6.07) is 8.41. The van der Waals surface area contributed by atoms with Crippen molar-refractivity contribution in [1.29, 1.82) is 0 Å². The van der Waals surface area contributed by atoms with Crippen molar-refractivity contribution < 1.29 is 29.2 Å². The third-order valence-electron chi connectivity index (χ3n) is 3.83. The number of amides is 1. The maximum atomic E-state index is 11.2. The van der Waals surface area contributed by atoms with Crippen LogP contribution in [0, 0.1) is 0 Å². The Balaban J connectivity index is 1.75. The molecule has 0 aliphatic carbocycles. The third-order valence-corrected chi connectivity index (χ3v) is 3.83. The van der Waals surface area contributed by atoms with Gasteiger partial charge in [0.25, 0.3) is 0 Å². The van der Waals surface area contributed by atoms with Gasteiger partial charge in [-0.3, -0.25) is 4.79 Å². The summed E-state index contributed by atoms with van der Waals surface area (Å²) in [4.78, 5) is 11.2. The van der Waals surface area contributed by atoms with Crippen LogP contribution in [0.15, 0.2) is 30.3 Å². The predicted molar refractivity (Wildman–Crippen MR) is 74.5 cm³/mol. The molecule has 2 aliphatic heterocycles. The summed E-state index contributed by atoms with van der Waals surface area (Å²) in [6.45, 7) is 1.49. The number of carbonyl (C=O) groups is 1. The first kappa shape index (κ1) is 15.4. The zero-order valence-electron chi connectivity index (χ0n) is 12.1. The fraction of sp³-hybridized carbons (Fsp3) is 0.533. The summed E-state index contributed by atoms with van der Waals surface area (Å²) in [5.74, 6) is -0.364. The minimum Gasteiger partial charge on any atom is -0.388 e. The SMILES string of the molecule is CC(=O)N[C@@H]1[C@@H](O)[C@@H]2O[C@H](c3ccccc3)OC[C@H]2O[C@H]1O. The molecule has 3 N–H and O–H groups in total. The van der Waals surface area contributed by atoms with Crippen molar-refractivity contribution in [2.45, 2.75) is 43.9 Å². The topological polar surface area (TPSA) is 97.3 Å². The molecule has 0 aromatic heterocycles. The molecule has 120 valence electrons. The molecule has 1 aromatic rings. The smallest absolute Gasteiger partial charge is 0.217 e. The van der Waals surface area contributed by atoms with Crippen LogP contribution in [-0.4, -0.2) is 53.4 Å². The molecule has 2 fully saturated rings. The van der Waals surface area contributed by atoms with Crippen molar-refractivity contribution >= 4 is 5.91 Å². The average Bonchev–Trinajstić information content (AvgIpc) is 2.52. The van der Waals surface area contributed by atoms with Gasteiger partial charge in [0.05, 0.1) is 6.61 Å². The van der Waals surface area contributed by atoms with Crippen molar-refractivity contribution in [3.8, 4) is 0 Å². The van der Waals surface area contributed by atoms with Gasteiger partial charge in [-0.2, -0.15) is 0 Å². The van der Waals surface area contributed by atoms with E-state index in [9.17, 15) is 15.0 Å². The maximum Gasteiger partial charge on any atom is 0.217 e. The Morgan fingerprint density at radius 3 is 2.64 bits per heavy atom. The highest BCUT2D eigenvalue weighted by atomic mass is 16.7. The monoisotopic (exact) mass is 309 g/mol. The van der Waals surface area contributed by atoms with Gasteiger partial charge in [-0.25, -0.2) is 0 Å². The van der Waals surface area contributed by atoms with Gasteiger partial charge < -0.3 is 29.7 Å². The van der Waals surface area contributed by atoms with Crippen LogP contribution in [-0.2, 0) is 19.0 Å². The Kier molecular flexibility index (Phi) is 4.42. The molecule has 22 heavy (non-hydrogen) atoms. The quantitative estimate of drug-likeness (QED) is 0.693. The molecule has 0 unspecified atom stereocenters. The number of hydrogen-bond acceptors (Lipinski definition) is 6. The lowest BCUT2D eigenvalue weighted by atomic mass is 9.96. The maximum absolute atomic E-state index is 11.2. The van der Waals surface area contributed by atoms with Crippen molar-refractivity contribution in [3.63, 3.8) is 0 Å². The molecular formula is C15H19NO6. The number of rotatable bonds is 2. The van der Waals surface area contributed by atoms with Crippen molar-refractivity contribution in [2.24, 2.45) is 0 Å². The van der Waals surface area contributed by atoms with Gasteiger partial charge in [-0.15, -0.1) is 0 Å². The normalized spacial score (nSPS) is 38.1. The number of fused-ring (bicyclic) bond motifs is 1. The molecule has 7 heteroatoms. The van der Waals surface area contributed by atoms with Crippen LogP contribution < -0.4 is 5.32 Å². The summed E-state index contributed by atoms with van der Waals surface area (Å²) >= 11 is 0. The molecule has 2 heterocycles. The van der Waals surface area contributed by atoms with Gasteiger partial charge in [0.15, 0.2) is 12.6 Å². The zero-order valence-corrected chi connectivity index (χ0v) is 12.1. The van der Waals surface area contributed by atoms with E-state index >= 15 is 0 Å². The van der Waals surface area contributed by atoms with Gasteiger partial charge in [0.1, 0.15) is 24.4 Å².